The summed E-state index contributed by atoms with van der Waals surface area (Å²) in [5.74, 6) is 0.994. The summed E-state index contributed by atoms with van der Waals surface area (Å²) in [7, 11) is 1.92. The second kappa shape index (κ2) is 5.87. The number of nitrogens with zero attached hydrogens (tertiary/aromatic N) is 2. The van der Waals surface area contributed by atoms with E-state index in [1.54, 1.807) is 6.26 Å². The Morgan fingerprint density at radius 1 is 1.33 bits per heavy atom. The maximum absolute atomic E-state index is 5.48. The molecule has 4 heteroatoms. The van der Waals surface area contributed by atoms with Gasteiger partial charge in [0.15, 0.2) is 0 Å². The summed E-state index contributed by atoms with van der Waals surface area (Å²) in [6.07, 6.45) is 3.73. The molecule has 2 aromatic heterocycles. The average molecular weight is 247 g/mol. The summed E-state index contributed by atoms with van der Waals surface area (Å²) in [5.41, 5.74) is 3.64. The van der Waals surface area contributed by atoms with Crippen molar-refractivity contribution in [2.75, 3.05) is 7.05 Å². The summed E-state index contributed by atoms with van der Waals surface area (Å²) in [5, 5.41) is 7.75. The second-order valence-electron chi connectivity index (χ2n) is 4.39. The molecule has 0 saturated carbocycles. The van der Waals surface area contributed by atoms with Crippen LogP contribution in [0.25, 0.3) is 0 Å². The fourth-order valence-corrected chi connectivity index (χ4v) is 2.09. The lowest BCUT2D eigenvalue weighted by Crippen LogP contribution is -2.10. The van der Waals surface area contributed by atoms with Gasteiger partial charge < -0.3 is 9.73 Å². The number of furan rings is 1. The molecule has 0 aliphatic rings. The van der Waals surface area contributed by atoms with Crippen molar-refractivity contribution in [1.29, 1.82) is 0 Å². The van der Waals surface area contributed by atoms with E-state index < -0.39 is 0 Å². The van der Waals surface area contributed by atoms with Crippen molar-refractivity contribution in [1.82, 2.24) is 15.1 Å². The monoisotopic (exact) mass is 247 g/mol. The molecule has 2 rings (SSSR count). The molecule has 0 aliphatic carbocycles. The van der Waals surface area contributed by atoms with Gasteiger partial charge in [-0.2, -0.15) is 5.10 Å². The summed E-state index contributed by atoms with van der Waals surface area (Å²) < 4.78 is 7.57. The molecule has 0 aromatic carbocycles. The SMILES string of the molecule is CCc1cc(CC)n(Cc2ccoc2CNC)n1. The Kier molecular flexibility index (Phi) is 4.20. The van der Waals surface area contributed by atoms with E-state index >= 15 is 0 Å². The first-order valence-electron chi connectivity index (χ1n) is 6.53. The zero-order valence-corrected chi connectivity index (χ0v) is 11.4. The minimum Gasteiger partial charge on any atom is -0.468 e. The van der Waals surface area contributed by atoms with Gasteiger partial charge in [0.1, 0.15) is 5.76 Å². The molecule has 0 spiro atoms. The number of hydrogen-bond donors (Lipinski definition) is 1. The molecule has 0 bridgehead atoms. The molecular weight excluding hydrogens is 226 g/mol. The quantitative estimate of drug-likeness (QED) is 0.852. The Balaban J connectivity index is 2.22. The van der Waals surface area contributed by atoms with Crippen LogP contribution in [0.4, 0.5) is 0 Å². The third kappa shape index (κ3) is 2.64. The second-order valence-corrected chi connectivity index (χ2v) is 4.39. The molecule has 0 fully saturated rings. The van der Waals surface area contributed by atoms with Gasteiger partial charge in [-0.25, -0.2) is 0 Å². The number of hydrogen-bond acceptors (Lipinski definition) is 3. The highest BCUT2D eigenvalue weighted by molar-refractivity contribution is 5.19. The lowest BCUT2D eigenvalue weighted by Gasteiger charge is -2.06. The molecule has 1 N–H and O–H groups in total. The predicted molar refractivity (Wildman–Crippen MR) is 71.6 cm³/mol. The Morgan fingerprint density at radius 3 is 2.83 bits per heavy atom. The van der Waals surface area contributed by atoms with Crippen LogP contribution in [-0.4, -0.2) is 16.8 Å². The molecule has 18 heavy (non-hydrogen) atoms. The normalized spacial score (nSPS) is 11.1. The molecule has 98 valence electrons. The van der Waals surface area contributed by atoms with Gasteiger partial charge >= 0.3 is 0 Å². The summed E-state index contributed by atoms with van der Waals surface area (Å²) in [6.45, 7) is 5.84. The smallest absolute Gasteiger partial charge is 0.122 e. The molecule has 0 amide bonds. The molecule has 0 aliphatic heterocycles. The first kappa shape index (κ1) is 12.9. The van der Waals surface area contributed by atoms with E-state index in [0.29, 0.717) is 0 Å². The van der Waals surface area contributed by atoms with Crippen molar-refractivity contribution < 1.29 is 4.42 Å². The third-order valence-electron chi connectivity index (χ3n) is 3.13. The van der Waals surface area contributed by atoms with Crippen LogP contribution >= 0.6 is 0 Å². The fourth-order valence-electron chi connectivity index (χ4n) is 2.09. The highest BCUT2D eigenvalue weighted by Gasteiger charge is 2.10. The van der Waals surface area contributed by atoms with Crippen LogP contribution in [0.1, 0.15) is 36.6 Å². The maximum atomic E-state index is 5.48. The molecule has 0 radical (unpaired) electrons. The zero-order valence-electron chi connectivity index (χ0n) is 11.4. The average Bonchev–Trinajstić information content (AvgIpc) is 2.97. The van der Waals surface area contributed by atoms with E-state index in [0.717, 1.165) is 37.4 Å². The van der Waals surface area contributed by atoms with E-state index in [1.165, 1.54) is 11.3 Å². The lowest BCUT2D eigenvalue weighted by atomic mass is 10.2. The maximum Gasteiger partial charge on any atom is 0.122 e. The molecular formula is C14H21N3O. The van der Waals surface area contributed by atoms with E-state index in [4.69, 9.17) is 4.42 Å². The van der Waals surface area contributed by atoms with Crippen molar-refractivity contribution >= 4 is 0 Å². The number of aromatic nitrogens is 2. The Morgan fingerprint density at radius 2 is 2.17 bits per heavy atom. The van der Waals surface area contributed by atoms with Crippen LogP contribution in [0.3, 0.4) is 0 Å². The summed E-state index contributed by atoms with van der Waals surface area (Å²) >= 11 is 0. The predicted octanol–water partition coefficient (Wildman–Crippen LogP) is 2.37. The van der Waals surface area contributed by atoms with Crippen molar-refractivity contribution in [2.24, 2.45) is 0 Å². The minimum absolute atomic E-state index is 0.756. The Labute approximate surface area is 108 Å². The highest BCUT2D eigenvalue weighted by atomic mass is 16.3. The van der Waals surface area contributed by atoms with E-state index in [1.807, 2.05) is 13.1 Å². The lowest BCUT2D eigenvalue weighted by molar-refractivity contribution is 0.486. The van der Waals surface area contributed by atoms with Crippen LogP contribution in [0, 0.1) is 0 Å². The van der Waals surface area contributed by atoms with Crippen LogP contribution < -0.4 is 5.32 Å². The third-order valence-corrected chi connectivity index (χ3v) is 3.13. The van der Waals surface area contributed by atoms with Gasteiger partial charge in [0, 0.05) is 11.3 Å². The van der Waals surface area contributed by atoms with Crippen LogP contribution in [0.2, 0.25) is 0 Å². The van der Waals surface area contributed by atoms with Gasteiger partial charge in [-0.05, 0) is 32.0 Å². The molecule has 0 unspecified atom stereocenters. The van der Waals surface area contributed by atoms with Gasteiger partial charge in [0.2, 0.25) is 0 Å². The topological polar surface area (TPSA) is 43.0 Å². The highest BCUT2D eigenvalue weighted by Crippen LogP contribution is 2.14. The standard InChI is InChI=1S/C14H21N3O/c1-4-12-8-13(5-2)17(16-12)10-11-6-7-18-14(11)9-15-3/h6-8,15H,4-5,9-10H2,1-3H3. The molecule has 2 heterocycles. The first-order chi connectivity index (χ1) is 8.78. The number of rotatable bonds is 6. The largest absolute Gasteiger partial charge is 0.468 e. The van der Waals surface area contributed by atoms with E-state index in [9.17, 15) is 0 Å². The molecule has 0 saturated heterocycles. The van der Waals surface area contributed by atoms with Crippen molar-refractivity contribution in [2.45, 2.75) is 39.8 Å². The van der Waals surface area contributed by atoms with Gasteiger partial charge in [-0.15, -0.1) is 0 Å². The molecule has 4 nitrogen and oxygen atoms in total. The van der Waals surface area contributed by atoms with Gasteiger partial charge in [0.25, 0.3) is 0 Å². The molecule has 2 aromatic rings. The van der Waals surface area contributed by atoms with Crippen LogP contribution in [-0.2, 0) is 25.9 Å². The Bertz CT molecular complexity index is 499. The summed E-state index contributed by atoms with van der Waals surface area (Å²) in [4.78, 5) is 0. The zero-order chi connectivity index (χ0) is 13.0. The first-order valence-corrected chi connectivity index (χ1v) is 6.53. The molecule has 0 atom stereocenters. The Hall–Kier alpha value is -1.55. The summed E-state index contributed by atoms with van der Waals surface area (Å²) in [6, 6.07) is 4.22. The number of nitrogens with one attached hydrogen (secondary N) is 1. The van der Waals surface area contributed by atoms with Crippen molar-refractivity contribution in [3.63, 3.8) is 0 Å². The van der Waals surface area contributed by atoms with Crippen LogP contribution in [0.5, 0.6) is 0 Å². The van der Waals surface area contributed by atoms with Gasteiger partial charge in [-0.1, -0.05) is 13.8 Å². The van der Waals surface area contributed by atoms with Crippen LogP contribution in [0.15, 0.2) is 22.8 Å². The van der Waals surface area contributed by atoms with Gasteiger partial charge in [-0.3, -0.25) is 4.68 Å². The minimum atomic E-state index is 0.756. The van der Waals surface area contributed by atoms with Crippen molar-refractivity contribution in [3.05, 3.63) is 41.1 Å². The number of aryl methyl sites for hydroxylation is 2. The fraction of sp³-hybridized carbons (Fsp3) is 0.500. The van der Waals surface area contributed by atoms with Gasteiger partial charge in [0.05, 0.1) is 25.0 Å². The van der Waals surface area contributed by atoms with E-state index in [2.05, 4.69) is 35.0 Å². The van der Waals surface area contributed by atoms with Crippen molar-refractivity contribution in [3.8, 4) is 0 Å². The van der Waals surface area contributed by atoms with E-state index in [-0.39, 0.29) is 0 Å².